The van der Waals surface area contributed by atoms with Gasteiger partial charge in [0.15, 0.2) is 0 Å². The molecule has 0 bridgehead atoms. The van der Waals surface area contributed by atoms with Gasteiger partial charge in [0.05, 0.1) is 5.69 Å². The molecule has 0 fully saturated rings. The molecule has 6 rings (SSSR count). The lowest BCUT2D eigenvalue weighted by Crippen LogP contribution is -2.25. The number of fused-ring (bicyclic) bond motifs is 3. The van der Waals surface area contributed by atoms with Gasteiger partial charge in [-0.1, -0.05) is 234 Å². The minimum absolute atomic E-state index is 0.0209. The Morgan fingerprint density at radius 2 is 0.780 bits per heavy atom. The second-order valence-electron chi connectivity index (χ2n) is 18.1. The number of hydrogen-bond acceptors (Lipinski definition) is 1. The lowest BCUT2D eigenvalue weighted by molar-refractivity contribution is 0.397. The van der Waals surface area contributed by atoms with E-state index in [0.717, 1.165) is 5.69 Å². The Morgan fingerprint density at radius 1 is 0.373 bits per heavy atom. The van der Waals surface area contributed by atoms with Gasteiger partial charge in [-0.25, -0.2) is 0 Å². The number of rotatable bonds is 28. The molecule has 5 aromatic rings. The maximum absolute atomic E-state index is 4.82. The summed E-state index contributed by atoms with van der Waals surface area (Å²) in [6.07, 6.45) is 35.4. The third-order valence-electron chi connectivity index (χ3n) is 13.6. The monoisotopic (exact) mass is 788 g/mol. The quantitative estimate of drug-likeness (QED) is 0.0460. The van der Waals surface area contributed by atoms with Crippen molar-refractivity contribution in [1.29, 1.82) is 0 Å². The largest absolute Gasteiger partial charge is 0.256 e. The van der Waals surface area contributed by atoms with Gasteiger partial charge in [0, 0.05) is 17.2 Å². The summed E-state index contributed by atoms with van der Waals surface area (Å²) in [6.45, 7) is 6.93. The summed E-state index contributed by atoms with van der Waals surface area (Å²) in [5, 5.41) is 0. The van der Waals surface area contributed by atoms with E-state index in [-0.39, 0.29) is 5.41 Å². The zero-order valence-electron chi connectivity index (χ0n) is 37.5. The summed E-state index contributed by atoms with van der Waals surface area (Å²) in [6, 6.07) is 39.9. The summed E-state index contributed by atoms with van der Waals surface area (Å²) in [5.41, 5.74) is 15.1. The molecule has 0 aliphatic heterocycles. The van der Waals surface area contributed by atoms with Gasteiger partial charge in [-0.2, -0.15) is 0 Å². The molecule has 0 atom stereocenters. The molecule has 1 heterocycles. The molecule has 0 saturated carbocycles. The van der Waals surface area contributed by atoms with E-state index in [9.17, 15) is 0 Å². The van der Waals surface area contributed by atoms with Gasteiger partial charge in [0.1, 0.15) is 0 Å². The van der Waals surface area contributed by atoms with E-state index in [2.05, 4.69) is 118 Å². The topological polar surface area (TPSA) is 12.9 Å². The van der Waals surface area contributed by atoms with Gasteiger partial charge >= 0.3 is 0 Å². The van der Waals surface area contributed by atoms with Crippen molar-refractivity contribution in [2.75, 3.05) is 0 Å². The van der Waals surface area contributed by atoms with Crippen molar-refractivity contribution < 1.29 is 0 Å². The molecule has 0 saturated heterocycles. The fourth-order valence-electron chi connectivity index (χ4n) is 9.98. The third kappa shape index (κ3) is 12.5. The second-order valence-corrected chi connectivity index (χ2v) is 18.1. The molecule has 1 aromatic heterocycles. The van der Waals surface area contributed by atoms with E-state index in [1.54, 1.807) is 11.1 Å². The molecule has 1 heteroatoms. The van der Waals surface area contributed by atoms with E-state index in [0.29, 0.717) is 0 Å². The number of hydrogen-bond donors (Lipinski definition) is 0. The van der Waals surface area contributed by atoms with Gasteiger partial charge in [-0.05, 0) is 100 Å². The second kappa shape index (κ2) is 24.3. The van der Waals surface area contributed by atoms with Crippen LogP contribution >= 0.6 is 0 Å². The third-order valence-corrected chi connectivity index (χ3v) is 13.6. The molecule has 0 radical (unpaired) electrons. The van der Waals surface area contributed by atoms with Crippen LogP contribution in [0.4, 0.5) is 0 Å². The summed E-state index contributed by atoms with van der Waals surface area (Å²) < 4.78 is 0. The van der Waals surface area contributed by atoms with Crippen molar-refractivity contribution in [2.24, 2.45) is 0 Å². The predicted octanol–water partition coefficient (Wildman–Crippen LogP) is 18.3. The first-order chi connectivity index (χ1) is 29.2. The van der Waals surface area contributed by atoms with Crippen LogP contribution in [0, 0.1) is 0 Å². The molecule has 59 heavy (non-hydrogen) atoms. The zero-order valence-corrected chi connectivity index (χ0v) is 37.5. The first kappa shape index (κ1) is 44.6. The SMILES string of the molecule is CCCCCCCCCCC1(CCCCCCCCCC)c2cc(-c3ccc(-c4ccc(CCCCCCCC)cc4)cc3)ccc2-c2ccc(-c3ccccn3)cc21. The molecular weight excluding hydrogens is 711 g/mol. The Labute approximate surface area is 360 Å². The molecule has 4 aromatic carbocycles. The normalized spacial score (nSPS) is 12.8. The summed E-state index contributed by atoms with van der Waals surface area (Å²) in [5.74, 6) is 0. The fourth-order valence-corrected chi connectivity index (χ4v) is 9.98. The van der Waals surface area contributed by atoms with E-state index in [1.165, 1.54) is 205 Å². The van der Waals surface area contributed by atoms with Crippen LogP contribution in [0.15, 0.2) is 109 Å². The summed E-state index contributed by atoms with van der Waals surface area (Å²) in [4.78, 5) is 4.82. The highest BCUT2D eigenvalue weighted by molar-refractivity contribution is 5.86. The number of unbranched alkanes of at least 4 members (excludes halogenated alkanes) is 19. The maximum Gasteiger partial charge on any atom is 0.0702 e. The fraction of sp³-hybridized carbons (Fsp3) is 0.500. The Balaban J connectivity index is 1.25. The molecule has 0 amide bonds. The zero-order chi connectivity index (χ0) is 41.0. The highest BCUT2D eigenvalue weighted by Gasteiger charge is 2.42. The average molecular weight is 788 g/mol. The van der Waals surface area contributed by atoms with E-state index >= 15 is 0 Å². The Morgan fingerprint density at radius 3 is 1.27 bits per heavy atom. The smallest absolute Gasteiger partial charge is 0.0702 e. The van der Waals surface area contributed by atoms with E-state index in [4.69, 9.17) is 4.98 Å². The number of aromatic nitrogens is 1. The molecule has 314 valence electrons. The lowest BCUT2D eigenvalue weighted by Gasteiger charge is -2.33. The first-order valence-electron chi connectivity index (χ1n) is 24.6. The van der Waals surface area contributed by atoms with Crippen molar-refractivity contribution >= 4 is 0 Å². The van der Waals surface area contributed by atoms with E-state index in [1.807, 2.05) is 12.3 Å². The number of pyridine rings is 1. The number of benzene rings is 4. The van der Waals surface area contributed by atoms with Crippen LogP contribution in [0.2, 0.25) is 0 Å². The van der Waals surface area contributed by atoms with Crippen molar-refractivity contribution in [3.05, 3.63) is 126 Å². The predicted molar refractivity (Wildman–Crippen MR) is 258 cm³/mol. The molecule has 1 aliphatic carbocycles. The van der Waals surface area contributed by atoms with Crippen LogP contribution in [-0.4, -0.2) is 4.98 Å². The Kier molecular flexibility index (Phi) is 18.4. The minimum atomic E-state index is 0.0209. The van der Waals surface area contributed by atoms with Gasteiger partial charge in [-0.3, -0.25) is 4.98 Å². The van der Waals surface area contributed by atoms with Gasteiger partial charge in [0.2, 0.25) is 0 Å². The molecular formula is C58H77N. The minimum Gasteiger partial charge on any atom is -0.256 e. The maximum atomic E-state index is 4.82. The van der Waals surface area contributed by atoms with E-state index < -0.39 is 0 Å². The van der Waals surface area contributed by atoms with Crippen LogP contribution in [0.25, 0.3) is 44.6 Å². The van der Waals surface area contributed by atoms with Crippen LogP contribution < -0.4 is 0 Å². The van der Waals surface area contributed by atoms with Crippen molar-refractivity contribution in [2.45, 2.75) is 187 Å². The number of nitrogens with zero attached hydrogens (tertiary/aromatic N) is 1. The Hall–Kier alpha value is -3.97. The molecule has 0 spiro atoms. The molecule has 0 unspecified atom stereocenters. The van der Waals surface area contributed by atoms with Crippen LogP contribution in [0.3, 0.4) is 0 Å². The average Bonchev–Trinajstić information content (AvgIpc) is 3.55. The highest BCUT2D eigenvalue weighted by atomic mass is 14.7. The first-order valence-corrected chi connectivity index (χ1v) is 24.6. The van der Waals surface area contributed by atoms with Crippen LogP contribution in [-0.2, 0) is 11.8 Å². The Bertz CT molecular complexity index is 1900. The lowest BCUT2D eigenvalue weighted by atomic mass is 9.70. The van der Waals surface area contributed by atoms with Crippen molar-refractivity contribution in [3.8, 4) is 44.6 Å². The molecule has 1 nitrogen and oxygen atoms in total. The van der Waals surface area contributed by atoms with Crippen molar-refractivity contribution in [3.63, 3.8) is 0 Å². The van der Waals surface area contributed by atoms with Crippen LogP contribution in [0.5, 0.6) is 0 Å². The van der Waals surface area contributed by atoms with Gasteiger partial charge in [0.25, 0.3) is 0 Å². The van der Waals surface area contributed by atoms with Crippen LogP contribution in [0.1, 0.15) is 192 Å². The number of aryl methyl sites for hydroxylation is 1. The standard InChI is InChI=1S/C58H77N/c1-4-7-10-13-16-18-21-25-42-58(43-26-22-19-17-14-11-8-5-2)55-45-51(38-40-53(55)54-41-39-52(46-56(54)58)57-29-24-27-44-59-57)50-36-34-49(35-37-50)48-32-30-47(31-33-48)28-23-20-15-12-9-6-3/h24,27,29-41,44-46H,4-23,25-26,28,42-43H2,1-3H3. The summed E-state index contributed by atoms with van der Waals surface area (Å²) in [7, 11) is 0. The van der Waals surface area contributed by atoms with Crippen molar-refractivity contribution in [1.82, 2.24) is 4.98 Å². The summed E-state index contributed by atoms with van der Waals surface area (Å²) >= 11 is 0. The molecule has 1 aliphatic rings. The molecule has 0 N–H and O–H groups in total. The van der Waals surface area contributed by atoms with Gasteiger partial charge in [-0.15, -0.1) is 0 Å². The van der Waals surface area contributed by atoms with Gasteiger partial charge < -0.3 is 0 Å². The highest BCUT2D eigenvalue weighted by Crippen LogP contribution is 2.55.